The third kappa shape index (κ3) is 2.73. The van der Waals surface area contributed by atoms with E-state index in [9.17, 15) is 4.79 Å². The van der Waals surface area contributed by atoms with Gasteiger partial charge in [0, 0.05) is 19.0 Å². The van der Waals surface area contributed by atoms with Crippen LogP contribution < -0.4 is 5.73 Å². The number of nitrogens with two attached hydrogens (primary N) is 1. The molecule has 1 saturated carbocycles. The molecule has 1 saturated heterocycles. The number of nitrogens with zero attached hydrogens (tertiary/aromatic N) is 2. The lowest BCUT2D eigenvalue weighted by atomic mass is 9.74. The van der Waals surface area contributed by atoms with Gasteiger partial charge in [0.2, 0.25) is 0 Å². The van der Waals surface area contributed by atoms with E-state index >= 15 is 0 Å². The number of ether oxygens (including phenoxy) is 2. The van der Waals surface area contributed by atoms with Gasteiger partial charge in [-0.15, -0.1) is 0 Å². The molecule has 1 spiro atoms. The van der Waals surface area contributed by atoms with E-state index in [0.717, 1.165) is 25.7 Å². The van der Waals surface area contributed by atoms with Crippen LogP contribution in [0.4, 0.5) is 5.69 Å². The van der Waals surface area contributed by atoms with Crippen LogP contribution in [0, 0.1) is 0 Å². The fourth-order valence-electron chi connectivity index (χ4n) is 2.82. The molecule has 2 heterocycles. The number of hydrogen-bond donors (Lipinski definition) is 1. The normalized spacial score (nSPS) is 24.9. The number of carbonyl (C=O) groups excluding carboxylic acids is 1. The van der Waals surface area contributed by atoms with Crippen LogP contribution in [0.5, 0.6) is 0 Å². The summed E-state index contributed by atoms with van der Waals surface area (Å²) in [6.45, 7) is 0.800. The lowest BCUT2D eigenvalue weighted by Gasteiger charge is -2.46. The van der Waals surface area contributed by atoms with Gasteiger partial charge in [0.1, 0.15) is 12.6 Å². The van der Waals surface area contributed by atoms with Crippen LogP contribution in [0.2, 0.25) is 0 Å². The number of rotatable bonds is 3. The second-order valence-corrected chi connectivity index (χ2v) is 5.46. The van der Waals surface area contributed by atoms with Crippen molar-refractivity contribution in [2.24, 2.45) is 0 Å². The van der Waals surface area contributed by atoms with E-state index in [2.05, 4.69) is 5.10 Å². The highest BCUT2D eigenvalue weighted by molar-refractivity contribution is 5.69. The van der Waals surface area contributed by atoms with Crippen LogP contribution in [0.1, 0.15) is 32.1 Å². The van der Waals surface area contributed by atoms with E-state index in [0.29, 0.717) is 12.3 Å². The molecule has 1 aromatic heterocycles. The van der Waals surface area contributed by atoms with E-state index in [1.54, 1.807) is 6.20 Å². The Kier molecular flexibility index (Phi) is 3.18. The summed E-state index contributed by atoms with van der Waals surface area (Å²) in [6.07, 6.45) is 8.15. The summed E-state index contributed by atoms with van der Waals surface area (Å²) in [4.78, 5) is 11.8. The van der Waals surface area contributed by atoms with Crippen LogP contribution in [-0.4, -0.2) is 34.1 Å². The molecule has 104 valence electrons. The van der Waals surface area contributed by atoms with E-state index in [4.69, 9.17) is 15.2 Å². The SMILES string of the molecule is Nc1cnn(CC(=O)OC2CCOC3(CCC3)C2)c1. The first kappa shape index (κ1) is 12.5. The number of hydrogen-bond acceptors (Lipinski definition) is 5. The molecule has 1 aliphatic heterocycles. The molecule has 19 heavy (non-hydrogen) atoms. The molecule has 6 heteroatoms. The van der Waals surface area contributed by atoms with Crippen molar-refractivity contribution in [2.45, 2.75) is 50.4 Å². The highest BCUT2D eigenvalue weighted by Gasteiger charge is 2.43. The number of carbonyl (C=O) groups is 1. The van der Waals surface area contributed by atoms with Crippen molar-refractivity contribution < 1.29 is 14.3 Å². The summed E-state index contributed by atoms with van der Waals surface area (Å²) >= 11 is 0. The molecule has 1 atom stereocenters. The summed E-state index contributed by atoms with van der Waals surface area (Å²) in [6, 6.07) is 0. The van der Waals surface area contributed by atoms with E-state index in [1.165, 1.54) is 17.3 Å². The minimum atomic E-state index is -0.260. The molecule has 2 N–H and O–H groups in total. The van der Waals surface area contributed by atoms with Gasteiger partial charge in [-0.2, -0.15) is 5.10 Å². The van der Waals surface area contributed by atoms with Crippen molar-refractivity contribution >= 4 is 11.7 Å². The van der Waals surface area contributed by atoms with Gasteiger partial charge in [-0.25, -0.2) is 0 Å². The minimum Gasteiger partial charge on any atom is -0.461 e. The zero-order valence-electron chi connectivity index (χ0n) is 10.9. The Labute approximate surface area is 111 Å². The van der Waals surface area contributed by atoms with Crippen LogP contribution in [0.3, 0.4) is 0 Å². The standard InChI is InChI=1S/C13H19N3O3/c14-10-7-15-16(8-10)9-12(17)19-11-2-5-18-13(6-11)3-1-4-13/h7-8,11H,1-6,9,14H2. The first-order valence-corrected chi connectivity index (χ1v) is 6.77. The molecule has 0 amide bonds. The fourth-order valence-corrected chi connectivity index (χ4v) is 2.82. The monoisotopic (exact) mass is 265 g/mol. The number of esters is 1. The van der Waals surface area contributed by atoms with Gasteiger partial charge in [0.25, 0.3) is 0 Å². The van der Waals surface area contributed by atoms with Gasteiger partial charge in [-0.3, -0.25) is 9.48 Å². The van der Waals surface area contributed by atoms with Crippen LogP contribution >= 0.6 is 0 Å². The Balaban J connectivity index is 1.51. The molecule has 2 aliphatic rings. The average Bonchev–Trinajstić information content (AvgIpc) is 2.73. The molecular formula is C13H19N3O3. The average molecular weight is 265 g/mol. The molecule has 3 rings (SSSR count). The predicted octanol–water partition coefficient (Wildman–Crippen LogP) is 1.11. The number of anilines is 1. The maximum Gasteiger partial charge on any atom is 0.328 e. The summed E-state index contributed by atoms with van der Waals surface area (Å²) < 4.78 is 12.8. The van der Waals surface area contributed by atoms with E-state index < -0.39 is 0 Å². The predicted molar refractivity (Wildman–Crippen MR) is 68.3 cm³/mol. The Morgan fingerprint density at radius 3 is 3.11 bits per heavy atom. The molecule has 1 unspecified atom stereocenters. The molecule has 1 aliphatic carbocycles. The van der Waals surface area contributed by atoms with Crippen molar-refractivity contribution in [3.8, 4) is 0 Å². The van der Waals surface area contributed by atoms with Crippen molar-refractivity contribution in [1.82, 2.24) is 9.78 Å². The van der Waals surface area contributed by atoms with Gasteiger partial charge < -0.3 is 15.2 Å². The summed E-state index contributed by atoms with van der Waals surface area (Å²) in [5.74, 6) is -0.260. The topological polar surface area (TPSA) is 79.4 Å². The quantitative estimate of drug-likeness (QED) is 0.828. The van der Waals surface area contributed by atoms with Gasteiger partial charge in [0.15, 0.2) is 0 Å². The van der Waals surface area contributed by atoms with Gasteiger partial charge >= 0.3 is 5.97 Å². The van der Waals surface area contributed by atoms with Gasteiger partial charge in [-0.05, 0) is 19.3 Å². The van der Waals surface area contributed by atoms with Gasteiger partial charge in [-0.1, -0.05) is 0 Å². The molecule has 0 bridgehead atoms. The molecular weight excluding hydrogens is 246 g/mol. The summed E-state index contributed by atoms with van der Waals surface area (Å²) in [7, 11) is 0. The van der Waals surface area contributed by atoms with E-state index in [-0.39, 0.29) is 24.2 Å². The second kappa shape index (κ2) is 4.85. The molecule has 6 nitrogen and oxygen atoms in total. The summed E-state index contributed by atoms with van der Waals surface area (Å²) in [5.41, 5.74) is 6.10. The van der Waals surface area contributed by atoms with Crippen LogP contribution in [-0.2, 0) is 20.8 Å². The maximum absolute atomic E-state index is 11.8. The number of nitrogen functional groups attached to an aromatic ring is 1. The fraction of sp³-hybridized carbons (Fsp3) is 0.692. The highest BCUT2D eigenvalue weighted by Crippen LogP contribution is 2.42. The first-order valence-electron chi connectivity index (χ1n) is 6.77. The zero-order valence-corrected chi connectivity index (χ0v) is 10.9. The first-order chi connectivity index (χ1) is 9.15. The summed E-state index contributed by atoms with van der Waals surface area (Å²) in [5, 5.41) is 3.97. The minimum absolute atomic E-state index is 0.000670. The van der Waals surface area contributed by atoms with Crippen molar-refractivity contribution in [3.05, 3.63) is 12.4 Å². The Hall–Kier alpha value is -1.56. The Morgan fingerprint density at radius 2 is 2.47 bits per heavy atom. The molecule has 0 radical (unpaired) electrons. The van der Waals surface area contributed by atoms with Crippen molar-refractivity contribution in [2.75, 3.05) is 12.3 Å². The Bertz CT molecular complexity index is 467. The van der Waals surface area contributed by atoms with Crippen LogP contribution in [0.15, 0.2) is 12.4 Å². The highest BCUT2D eigenvalue weighted by atomic mass is 16.6. The lowest BCUT2D eigenvalue weighted by Crippen LogP contribution is -2.48. The second-order valence-electron chi connectivity index (χ2n) is 5.46. The van der Waals surface area contributed by atoms with E-state index in [1.807, 2.05) is 0 Å². The molecule has 0 aromatic carbocycles. The maximum atomic E-state index is 11.8. The molecule has 2 fully saturated rings. The van der Waals surface area contributed by atoms with Crippen LogP contribution in [0.25, 0.3) is 0 Å². The van der Waals surface area contributed by atoms with Crippen molar-refractivity contribution in [3.63, 3.8) is 0 Å². The number of aromatic nitrogens is 2. The Morgan fingerprint density at radius 1 is 1.63 bits per heavy atom. The molecule has 1 aromatic rings. The third-order valence-electron chi connectivity index (χ3n) is 3.95. The third-order valence-corrected chi connectivity index (χ3v) is 3.95. The smallest absolute Gasteiger partial charge is 0.328 e. The zero-order chi connectivity index (χ0) is 13.3. The largest absolute Gasteiger partial charge is 0.461 e. The van der Waals surface area contributed by atoms with Gasteiger partial charge in [0.05, 0.1) is 24.1 Å². The van der Waals surface area contributed by atoms with Crippen molar-refractivity contribution in [1.29, 1.82) is 0 Å². The lowest BCUT2D eigenvalue weighted by molar-refractivity contribution is -0.181.